The fraction of sp³-hybridized carbons (Fsp3) is 0.429. The van der Waals surface area contributed by atoms with E-state index in [9.17, 15) is 9.59 Å². The number of halogens is 1. The van der Waals surface area contributed by atoms with Crippen molar-refractivity contribution >= 4 is 27.7 Å². The third-order valence-corrected chi connectivity index (χ3v) is 3.91. The Kier molecular flexibility index (Phi) is 4.45. The summed E-state index contributed by atoms with van der Waals surface area (Å²) < 4.78 is 6.61. The van der Waals surface area contributed by atoms with E-state index < -0.39 is 5.54 Å². The highest BCUT2D eigenvalue weighted by atomic mass is 79.9. The molecular formula is C14H17BrN2O3. The van der Waals surface area contributed by atoms with Crippen LogP contribution in [0.25, 0.3) is 0 Å². The van der Waals surface area contributed by atoms with Crippen molar-refractivity contribution in [2.24, 2.45) is 0 Å². The molecule has 1 aromatic rings. The number of nitrogens with zero attached hydrogens (tertiary/aromatic N) is 1. The van der Waals surface area contributed by atoms with Crippen LogP contribution in [0.5, 0.6) is 5.75 Å². The highest BCUT2D eigenvalue weighted by molar-refractivity contribution is 9.10. The highest BCUT2D eigenvalue weighted by Gasteiger charge is 2.40. The number of nitrogens with one attached hydrogen (secondary N) is 1. The van der Waals surface area contributed by atoms with Gasteiger partial charge in [-0.05, 0) is 38.1 Å². The molecule has 6 heteroatoms. The summed E-state index contributed by atoms with van der Waals surface area (Å²) in [6.07, 6.45) is 0. The molecule has 1 aliphatic heterocycles. The molecule has 0 saturated carbocycles. The largest absolute Gasteiger partial charge is 0.492 e. The number of rotatable bonds is 4. The Hall–Kier alpha value is -1.40. The Morgan fingerprint density at radius 2 is 1.95 bits per heavy atom. The smallest absolute Gasteiger partial charge is 0.246 e. The minimum Gasteiger partial charge on any atom is -0.492 e. The summed E-state index contributed by atoms with van der Waals surface area (Å²) in [5.74, 6) is 0.231. The standard InChI is InChI=1S/C14H17BrN2O3/c1-14(2)13(19)16-12(18)9-17(14)7-8-20-11-5-3-10(15)4-6-11/h3-6H,7-9H2,1-2H3,(H,16,18,19). The first-order valence-electron chi connectivity index (χ1n) is 6.37. The molecule has 0 spiro atoms. The quantitative estimate of drug-likeness (QED) is 0.845. The lowest BCUT2D eigenvalue weighted by Gasteiger charge is -2.39. The molecule has 1 heterocycles. The summed E-state index contributed by atoms with van der Waals surface area (Å²) in [5, 5.41) is 2.35. The minimum absolute atomic E-state index is 0.211. The molecule has 0 aliphatic carbocycles. The molecule has 0 bridgehead atoms. The average molecular weight is 341 g/mol. The van der Waals surface area contributed by atoms with Crippen LogP contribution in [0.3, 0.4) is 0 Å². The van der Waals surface area contributed by atoms with Crippen LogP contribution >= 0.6 is 15.9 Å². The monoisotopic (exact) mass is 340 g/mol. The molecule has 2 rings (SSSR count). The van der Waals surface area contributed by atoms with E-state index in [0.29, 0.717) is 13.2 Å². The van der Waals surface area contributed by atoms with Crippen LogP contribution in [-0.2, 0) is 9.59 Å². The Morgan fingerprint density at radius 3 is 2.60 bits per heavy atom. The summed E-state index contributed by atoms with van der Waals surface area (Å²) in [5.41, 5.74) is -0.697. The second-order valence-corrected chi connectivity index (χ2v) is 6.08. The molecule has 0 aromatic heterocycles. The van der Waals surface area contributed by atoms with Crippen molar-refractivity contribution in [1.29, 1.82) is 0 Å². The number of ether oxygens (including phenoxy) is 1. The number of carbonyl (C=O) groups excluding carboxylic acids is 2. The van der Waals surface area contributed by atoms with Crippen molar-refractivity contribution in [1.82, 2.24) is 10.2 Å². The molecule has 1 saturated heterocycles. The van der Waals surface area contributed by atoms with Gasteiger partial charge in [-0.15, -0.1) is 0 Å². The van der Waals surface area contributed by atoms with E-state index in [4.69, 9.17) is 4.74 Å². The number of imide groups is 1. The van der Waals surface area contributed by atoms with Gasteiger partial charge in [0.05, 0.1) is 12.1 Å². The number of carbonyl (C=O) groups is 2. The van der Waals surface area contributed by atoms with E-state index in [2.05, 4.69) is 21.2 Å². The number of benzene rings is 1. The molecule has 0 radical (unpaired) electrons. The Morgan fingerprint density at radius 1 is 1.30 bits per heavy atom. The van der Waals surface area contributed by atoms with Gasteiger partial charge in [-0.3, -0.25) is 19.8 Å². The van der Waals surface area contributed by atoms with E-state index >= 15 is 0 Å². The van der Waals surface area contributed by atoms with E-state index in [1.165, 1.54) is 0 Å². The van der Waals surface area contributed by atoms with Crippen molar-refractivity contribution in [3.8, 4) is 5.75 Å². The van der Waals surface area contributed by atoms with E-state index in [1.807, 2.05) is 29.2 Å². The van der Waals surface area contributed by atoms with Crippen LogP contribution in [0.1, 0.15) is 13.8 Å². The lowest BCUT2D eigenvalue weighted by molar-refractivity contribution is -0.145. The minimum atomic E-state index is -0.697. The van der Waals surface area contributed by atoms with Gasteiger partial charge in [0, 0.05) is 11.0 Å². The van der Waals surface area contributed by atoms with Gasteiger partial charge in [0.15, 0.2) is 0 Å². The molecule has 5 nitrogen and oxygen atoms in total. The highest BCUT2D eigenvalue weighted by Crippen LogP contribution is 2.19. The zero-order chi connectivity index (χ0) is 14.8. The third kappa shape index (κ3) is 3.37. The van der Waals surface area contributed by atoms with Crippen molar-refractivity contribution in [2.75, 3.05) is 19.7 Å². The first kappa shape index (κ1) is 15.0. The van der Waals surface area contributed by atoms with Crippen molar-refractivity contribution in [3.05, 3.63) is 28.7 Å². The Labute approximate surface area is 126 Å². The molecule has 1 fully saturated rings. The summed E-state index contributed by atoms with van der Waals surface area (Å²) in [6, 6.07) is 7.53. The second-order valence-electron chi connectivity index (χ2n) is 5.16. The first-order chi connectivity index (χ1) is 9.39. The van der Waals surface area contributed by atoms with E-state index in [-0.39, 0.29) is 18.4 Å². The summed E-state index contributed by atoms with van der Waals surface area (Å²) in [6.45, 7) is 4.75. The van der Waals surface area contributed by atoms with Crippen LogP contribution in [0.15, 0.2) is 28.7 Å². The molecule has 1 aliphatic rings. The second kappa shape index (κ2) is 5.93. The van der Waals surface area contributed by atoms with Gasteiger partial charge in [-0.1, -0.05) is 15.9 Å². The third-order valence-electron chi connectivity index (χ3n) is 3.38. The maximum atomic E-state index is 11.8. The maximum absolute atomic E-state index is 11.8. The lowest BCUT2D eigenvalue weighted by Crippen LogP contribution is -2.64. The topological polar surface area (TPSA) is 58.6 Å². The fourth-order valence-electron chi connectivity index (χ4n) is 2.00. The summed E-state index contributed by atoms with van der Waals surface area (Å²) >= 11 is 3.36. The summed E-state index contributed by atoms with van der Waals surface area (Å²) in [4.78, 5) is 25.0. The van der Waals surface area contributed by atoms with Crippen LogP contribution in [0, 0.1) is 0 Å². The molecular weight excluding hydrogens is 324 g/mol. The normalized spacial score (nSPS) is 18.8. The van der Waals surface area contributed by atoms with Crippen LogP contribution in [-0.4, -0.2) is 41.9 Å². The van der Waals surface area contributed by atoms with Gasteiger partial charge in [0.2, 0.25) is 11.8 Å². The van der Waals surface area contributed by atoms with E-state index in [0.717, 1.165) is 10.2 Å². The van der Waals surface area contributed by atoms with Gasteiger partial charge in [-0.25, -0.2) is 0 Å². The van der Waals surface area contributed by atoms with Gasteiger partial charge >= 0.3 is 0 Å². The number of hydrogen-bond acceptors (Lipinski definition) is 4. The van der Waals surface area contributed by atoms with Crippen molar-refractivity contribution < 1.29 is 14.3 Å². The number of piperazine rings is 1. The molecule has 20 heavy (non-hydrogen) atoms. The lowest BCUT2D eigenvalue weighted by atomic mass is 9.99. The fourth-order valence-corrected chi connectivity index (χ4v) is 2.26. The van der Waals surface area contributed by atoms with Gasteiger partial charge in [0.25, 0.3) is 0 Å². The van der Waals surface area contributed by atoms with Crippen molar-refractivity contribution in [2.45, 2.75) is 19.4 Å². The maximum Gasteiger partial charge on any atom is 0.246 e. The molecule has 108 valence electrons. The van der Waals surface area contributed by atoms with Crippen LogP contribution in [0.2, 0.25) is 0 Å². The number of hydrogen-bond donors (Lipinski definition) is 1. The Bertz CT molecular complexity index is 514. The van der Waals surface area contributed by atoms with Gasteiger partial charge < -0.3 is 4.74 Å². The van der Waals surface area contributed by atoms with Crippen molar-refractivity contribution in [3.63, 3.8) is 0 Å². The predicted octanol–water partition coefficient (Wildman–Crippen LogP) is 1.56. The SMILES string of the molecule is CC1(C)C(=O)NC(=O)CN1CCOc1ccc(Br)cc1. The average Bonchev–Trinajstić information content (AvgIpc) is 2.38. The molecule has 0 atom stereocenters. The molecule has 1 aromatic carbocycles. The first-order valence-corrected chi connectivity index (χ1v) is 7.16. The number of amides is 2. The molecule has 1 N–H and O–H groups in total. The molecule has 2 amide bonds. The van der Waals surface area contributed by atoms with Crippen LogP contribution < -0.4 is 10.1 Å². The molecule has 0 unspecified atom stereocenters. The summed E-state index contributed by atoms with van der Waals surface area (Å²) in [7, 11) is 0. The Balaban J connectivity index is 1.90. The predicted molar refractivity (Wildman–Crippen MR) is 78.4 cm³/mol. The van der Waals surface area contributed by atoms with E-state index in [1.54, 1.807) is 13.8 Å². The van der Waals surface area contributed by atoms with Gasteiger partial charge in [0.1, 0.15) is 12.4 Å². The zero-order valence-corrected chi connectivity index (χ0v) is 13.1. The van der Waals surface area contributed by atoms with Gasteiger partial charge in [-0.2, -0.15) is 0 Å². The van der Waals surface area contributed by atoms with Crippen LogP contribution in [0.4, 0.5) is 0 Å². The zero-order valence-electron chi connectivity index (χ0n) is 11.5.